The van der Waals surface area contributed by atoms with Gasteiger partial charge in [0.2, 0.25) is 5.95 Å². The Balaban J connectivity index is 1.25. The molecule has 0 amide bonds. The first kappa shape index (κ1) is 22.3. The first-order valence-electron chi connectivity index (χ1n) is 11.5. The van der Waals surface area contributed by atoms with Gasteiger partial charge in [0.1, 0.15) is 5.82 Å². The molecule has 2 aromatic rings. The molecule has 0 aliphatic carbocycles. The zero-order valence-corrected chi connectivity index (χ0v) is 18.8. The fraction of sp³-hybridized carbons (Fsp3) is 0.522. The molecular formula is C23H33FN8. The van der Waals surface area contributed by atoms with Crippen LogP contribution in [0.5, 0.6) is 0 Å². The minimum Gasteiger partial charge on any atom is -0.366 e. The van der Waals surface area contributed by atoms with Crippen LogP contribution in [0.4, 0.5) is 16.0 Å². The number of anilines is 2. The van der Waals surface area contributed by atoms with Crippen LogP contribution in [0, 0.1) is 5.82 Å². The molecule has 0 bridgehead atoms. The Bertz CT molecular complexity index is 861. The number of para-hydroxylation sites is 1. The van der Waals surface area contributed by atoms with Gasteiger partial charge in [-0.2, -0.15) is 0 Å². The van der Waals surface area contributed by atoms with Gasteiger partial charge in [0.05, 0.1) is 12.2 Å². The van der Waals surface area contributed by atoms with Crippen molar-refractivity contribution < 1.29 is 4.39 Å². The smallest absolute Gasteiger partial charge is 0.225 e. The molecule has 1 aromatic heterocycles. The highest BCUT2D eigenvalue weighted by Crippen LogP contribution is 2.20. The summed E-state index contributed by atoms with van der Waals surface area (Å²) in [5.41, 5.74) is 0.689. The van der Waals surface area contributed by atoms with Crippen LogP contribution in [-0.2, 0) is 0 Å². The van der Waals surface area contributed by atoms with Crippen LogP contribution in [0.1, 0.15) is 6.92 Å². The summed E-state index contributed by atoms with van der Waals surface area (Å²) in [4.78, 5) is 22.7. The zero-order valence-electron chi connectivity index (χ0n) is 18.8. The molecule has 4 rings (SSSR count). The van der Waals surface area contributed by atoms with Crippen molar-refractivity contribution in [3.8, 4) is 0 Å². The van der Waals surface area contributed by atoms with Gasteiger partial charge in [-0.15, -0.1) is 0 Å². The third kappa shape index (κ3) is 5.64. The average Bonchev–Trinajstić information content (AvgIpc) is 2.85. The summed E-state index contributed by atoms with van der Waals surface area (Å²) in [5, 5.41) is 3.42. The predicted octanol–water partition coefficient (Wildman–Crippen LogP) is 1.53. The highest BCUT2D eigenvalue weighted by atomic mass is 19.1. The van der Waals surface area contributed by atoms with Crippen molar-refractivity contribution in [1.82, 2.24) is 25.1 Å². The Kier molecular flexibility index (Phi) is 7.71. The number of hydrogen-bond donors (Lipinski definition) is 1. The molecule has 2 saturated heterocycles. The van der Waals surface area contributed by atoms with Crippen molar-refractivity contribution >= 4 is 17.6 Å². The number of halogens is 1. The molecular weight excluding hydrogens is 407 g/mol. The van der Waals surface area contributed by atoms with E-state index in [-0.39, 0.29) is 5.82 Å². The number of hydrogen-bond acceptors (Lipinski definition) is 6. The molecule has 0 unspecified atom stereocenters. The van der Waals surface area contributed by atoms with Crippen LogP contribution >= 0.6 is 0 Å². The first-order chi connectivity index (χ1) is 15.7. The maximum absolute atomic E-state index is 14.1. The van der Waals surface area contributed by atoms with E-state index in [1.54, 1.807) is 18.5 Å². The van der Waals surface area contributed by atoms with Gasteiger partial charge in [-0.25, -0.2) is 14.4 Å². The van der Waals surface area contributed by atoms with Crippen LogP contribution in [0.25, 0.3) is 0 Å². The lowest BCUT2D eigenvalue weighted by Gasteiger charge is -2.38. The summed E-state index contributed by atoms with van der Waals surface area (Å²) in [6.07, 6.45) is 3.59. The van der Waals surface area contributed by atoms with Crippen LogP contribution in [0.2, 0.25) is 0 Å². The molecule has 8 nitrogen and oxygen atoms in total. The molecule has 2 aliphatic heterocycles. The number of aromatic nitrogens is 2. The highest BCUT2D eigenvalue weighted by molar-refractivity contribution is 5.80. The summed E-state index contributed by atoms with van der Waals surface area (Å²) in [6, 6.07) is 8.86. The third-order valence-corrected chi connectivity index (χ3v) is 5.99. The van der Waals surface area contributed by atoms with E-state index in [0.29, 0.717) is 5.69 Å². The quantitative estimate of drug-likeness (QED) is 0.540. The van der Waals surface area contributed by atoms with E-state index in [1.807, 2.05) is 18.2 Å². The Morgan fingerprint density at radius 1 is 0.938 bits per heavy atom. The number of guanidine groups is 1. The predicted molar refractivity (Wildman–Crippen MR) is 127 cm³/mol. The Morgan fingerprint density at radius 3 is 2.31 bits per heavy atom. The van der Waals surface area contributed by atoms with Gasteiger partial charge < -0.3 is 20.0 Å². The van der Waals surface area contributed by atoms with Crippen LogP contribution in [-0.4, -0.2) is 97.7 Å². The number of nitrogens with zero attached hydrogens (tertiary/aromatic N) is 7. The van der Waals surface area contributed by atoms with Crippen molar-refractivity contribution in [3.63, 3.8) is 0 Å². The van der Waals surface area contributed by atoms with Crippen molar-refractivity contribution in [2.24, 2.45) is 4.99 Å². The second-order valence-electron chi connectivity index (χ2n) is 8.04. The van der Waals surface area contributed by atoms with Gasteiger partial charge in [0.15, 0.2) is 5.96 Å². The largest absolute Gasteiger partial charge is 0.366 e. The number of aliphatic imine (C=N–C) groups is 1. The maximum Gasteiger partial charge on any atom is 0.225 e. The second kappa shape index (κ2) is 11.1. The van der Waals surface area contributed by atoms with Gasteiger partial charge in [-0.1, -0.05) is 12.1 Å². The van der Waals surface area contributed by atoms with Gasteiger partial charge in [-0.3, -0.25) is 9.89 Å². The van der Waals surface area contributed by atoms with Crippen molar-refractivity contribution in [2.75, 3.05) is 81.8 Å². The molecule has 3 heterocycles. The maximum atomic E-state index is 14.1. The van der Waals surface area contributed by atoms with Crippen molar-refractivity contribution in [3.05, 3.63) is 48.5 Å². The van der Waals surface area contributed by atoms with Crippen molar-refractivity contribution in [2.45, 2.75) is 6.92 Å². The summed E-state index contributed by atoms with van der Waals surface area (Å²) < 4.78 is 14.1. The lowest BCUT2D eigenvalue weighted by atomic mass is 10.2. The lowest BCUT2D eigenvalue weighted by Crippen LogP contribution is -2.53. The summed E-state index contributed by atoms with van der Waals surface area (Å²) in [6.45, 7) is 11.7. The lowest BCUT2D eigenvalue weighted by molar-refractivity contribution is 0.263. The van der Waals surface area contributed by atoms with Crippen molar-refractivity contribution in [1.29, 1.82) is 0 Å². The fourth-order valence-electron chi connectivity index (χ4n) is 4.22. The first-order valence-corrected chi connectivity index (χ1v) is 11.5. The number of nitrogens with one attached hydrogen (secondary N) is 1. The normalized spacial score (nSPS) is 18.2. The van der Waals surface area contributed by atoms with E-state index in [4.69, 9.17) is 4.99 Å². The molecule has 9 heteroatoms. The monoisotopic (exact) mass is 440 g/mol. The average molecular weight is 441 g/mol. The van der Waals surface area contributed by atoms with Crippen LogP contribution < -0.4 is 15.1 Å². The molecule has 2 aliphatic rings. The fourth-order valence-corrected chi connectivity index (χ4v) is 4.22. The second-order valence-corrected chi connectivity index (χ2v) is 8.04. The standard InChI is InChI=1S/C23H33FN8/c1-2-25-22(32-18-16-30(17-19-32)21-7-4-3-6-20(21)24)28-10-11-29-12-14-31(15-13-29)23-26-8-5-9-27-23/h3-9H,2,10-19H2,1H3,(H,25,28). The Morgan fingerprint density at radius 2 is 1.62 bits per heavy atom. The van der Waals surface area contributed by atoms with E-state index in [9.17, 15) is 4.39 Å². The van der Waals surface area contributed by atoms with E-state index < -0.39 is 0 Å². The Hall–Kier alpha value is -2.94. The number of rotatable bonds is 6. The third-order valence-electron chi connectivity index (χ3n) is 5.99. The number of piperazine rings is 2. The van der Waals surface area contributed by atoms with Gasteiger partial charge in [-0.05, 0) is 25.1 Å². The summed E-state index contributed by atoms with van der Waals surface area (Å²) in [5.74, 6) is 1.62. The molecule has 172 valence electrons. The molecule has 0 atom stereocenters. The van der Waals surface area contributed by atoms with Crippen LogP contribution in [0.3, 0.4) is 0 Å². The van der Waals surface area contributed by atoms with Gasteiger partial charge in [0, 0.05) is 77.8 Å². The molecule has 1 aromatic carbocycles. The molecule has 0 saturated carbocycles. The van der Waals surface area contributed by atoms with E-state index >= 15 is 0 Å². The van der Waals surface area contributed by atoms with Gasteiger partial charge in [0.25, 0.3) is 0 Å². The topological polar surface area (TPSA) is 63.1 Å². The minimum atomic E-state index is -0.152. The SMILES string of the molecule is CCNC(=NCCN1CCN(c2ncccn2)CC1)N1CCN(c2ccccc2F)CC1. The minimum absolute atomic E-state index is 0.152. The van der Waals surface area contributed by atoms with E-state index in [1.165, 1.54) is 6.07 Å². The summed E-state index contributed by atoms with van der Waals surface area (Å²) in [7, 11) is 0. The molecule has 0 spiro atoms. The molecule has 2 fully saturated rings. The molecule has 1 N–H and O–H groups in total. The van der Waals surface area contributed by atoms with Crippen LogP contribution in [0.15, 0.2) is 47.7 Å². The number of benzene rings is 1. The Labute approximate surface area is 189 Å². The molecule has 32 heavy (non-hydrogen) atoms. The zero-order chi connectivity index (χ0) is 22.2. The van der Waals surface area contributed by atoms with E-state index in [2.05, 4.69) is 41.8 Å². The summed E-state index contributed by atoms with van der Waals surface area (Å²) >= 11 is 0. The molecule has 0 radical (unpaired) electrons. The van der Waals surface area contributed by atoms with E-state index in [0.717, 1.165) is 83.9 Å². The van der Waals surface area contributed by atoms with Gasteiger partial charge >= 0.3 is 0 Å². The highest BCUT2D eigenvalue weighted by Gasteiger charge is 2.22.